The zero-order valence-corrected chi connectivity index (χ0v) is 21.6. The zero-order chi connectivity index (χ0) is 25.9. The number of ether oxygens (including phenoxy) is 2. The molecule has 0 spiro atoms. The number of hydrogen-bond donors (Lipinski definition) is 4. The smallest absolute Gasteiger partial charge is 0.404 e. The van der Waals surface area contributed by atoms with Crippen molar-refractivity contribution in [1.29, 1.82) is 0 Å². The molecule has 0 unspecified atom stereocenters. The Hall–Kier alpha value is -2.14. The van der Waals surface area contributed by atoms with E-state index in [1.807, 2.05) is 7.05 Å². The molecule has 2 fully saturated rings. The van der Waals surface area contributed by atoms with Crippen molar-refractivity contribution in [2.24, 2.45) is 11.8 Å². The number of carboxylic acid groups (broad SMARTS) is 1. The van der Waals surface area contributed by atoms with Gasteiger partial charge in [0.05, 0.1) is 17.7 Å². The molecule has 3 amide bonds. The van der Waals surface area contributed by atoms with E-state index in [1.165, 1.54) is 6.07 Å². The molecule has 4 N–H and O–H groups in total. The van der Waals surface area contributed by atoms with Crippen LogP contribution in [0.4, 0.5) is 14.0 Å². The largest absolute Gasteiger partial charge is 0.465 e. The second-order valence-corrected chi connectivity index (χ2v) is 9.92. The molecule has 3 rings (SSSR count). The summed E-state index contributed by atoms with van der Waals surface area (Å²) in [5.41, 5.74) is 0.317. The summed E-state index contributed by atoms with van der Waals surface area (Å²) in [5.74, 6) is -0.197. The van der Waals surface area contributed by atoms with Gasteiger partial charge in [0.1, 0.15) is 5.82 Å². The number of hydrogen-bond acceptors (Lipinski definition) is 5. The van der Waals surface area contributed by atoms with Crippen LogP contribution >= 0.6 is 11.6 Å². The Labute approximate surface area is 217 Å². The van der Waals surface area contributed by atoms with Crippen molar-refractivity contribution in [3.05, 3.63) is 34.6 Å². The van der Waals surface area contributed by atoms with Gasteiger partial charge in [0, 0.05) is 56.9 Å². The first-order valence-electron chi connectivity index (χ1n) is 12.7. The van der Waals surface area contributed by atoms with Gasteiger partial charge < -0.3 is 35.4 Å². The van der Waals surface area contributed by atoms with Gasteiger partial charge >= 0.3 is 12.1 Å². The third-order valence-corrected chi connectivity index (χ3v) is 7.17. The van der Waals surface area contributed by atoms with E-state index < -0.39 is 18.0 Å². The highest BCUT2D eigenvalue weighted by Gasteiger charge is 2.33. The van der Waals surface area contributed by atoms with Crippen LogP contribution < -0.4 is 16.0 Å². The van der Waals surface area contributed by atoms with Crippen LogP contribution in [0.15, 0.2) is 18.2 Å². The number of amides is 3. The molecule has 2 heterocycles. The third kappa shape index (κ3) is 8.47. The minimum atomic E-state index is -1.15. The zero-order valence-electron chi connectivity index (χ0n) is 20.8. The van der Waals surface area contributed by atoms with Crippen LogP contribution in [0, 0.1) is 17.7 Å². The molecular weight excluding hydrogens is 491 g/mol. The molecule has 1 aromatic rings. The lowest BCUT2D eigenvalue weighted by Crippen LogP contribution is -2.52. The molecule has 2 aliphatic heterocycles. The van der Waals surface area contributed by atoms with Crippen molar-refractivity contribution in [2.75, 3.05) is 53.0 Å². The number of nitrogens with one attached hydrogen (secondary N) is 3. The number of carbonyl (C=O) groups excluding carboxylic acids is 1. The molecule has 0 radical (unpaired) electrons. The average Bonchev–Trinajstić information content (AvgIpc) is 2.87. The van der Waals surface area contributed by atoms with E-state index in [-0.39, 0.29) is 36.2 Å². The first-order valence-corrected chi connectivity index (χ1v) is 13.1. The summed E-state index contributed by atoms with van der Waals surface area (Å²) in [4.78, 5) is 25.8. The van der Waals surface area contributed by atoms with Crippen molar-refractivity contribution >= 4 is 23.7 Å². The van der Waals surface area contributed by atoms with Crippen molar-refractivity contribution in [3.8, 4) is 0 Å². The van der Waals surface area contributed by atoms with Crippen LogP contribution in [-0.2, 0) is 9.47 Å². The fraction of sp³-hybridized carbons (Fsp3) is 0.680. The van der Waals surface area contributed by atoms with Crippen molar-refractivity contribution < 1.29 is 28.6 Å². The van der Waals surface area contributed by atoms with Crippen molar-refractivity contribution in [3.63, 3.8) is 0 Å². The first kappa shape index (κ1) is 28.4. The van der Waals surface area contributed by atoms with E-state index in [0.717, 1.165) is 45.3 Å². The lowest BCUT2D eigenvalue weighted by atomic mass is 9.88. The Morgan fingerprint density at radius 2 is 2.08 bits per heavy atom. The van der Waals surface area contributed by atoms with Gasteiger partial charge in [-0.2, -0.15) is 0 Å². The predicted molar refractivity (Wildman–Crippen MR) is 135 cm³/mol. The van der Waals surface area contributed by atoms with E-state index in [2.05, 4.69) is 16.0 Å². The van der Waals surface area contributed by atoms with Gasteiger partial charge in [-0.15, -0.1) is 0 Å². The molecule has 1 aromatic carbocycles. The number of rotatable bonds is 11. The number of benzene rings is 1. The minimum Gasteiger partial charge on any atom is -0.465 e. The molecule has 36 heavy (non-hydrogen) atoms. The van der Waals surface area contributed by atoms with Gasteiger partial charge in [0.25, 0.3) is 0 Å². The minimum absolute atomic E-state index is 0.00168. The molecule has 0 aromatic heterocycles. The molecule has 11 heteroatoms. The summed E-state index contributed by atoms with van der Waals surface area (Å²) < 4.78 is 26.4. The number of urea groups is 1. The lowest BCUT2D eigenvalue weighted by Gasteiger charge is -2.38. The Morgan fingerprint density at radius 1 is 1.31 bits per heavy atom. The number of piperidine rings is 1. The summed E-state index contributed by atoms with van der Waals surface area (Å²) in [6, 6.07) is 4.64. The lowest BCUT2D eigenvalue weighted by molar-refractivity contribution is -0.0105. The highest BCUT2D eigenvalue weighted by atomic mass is 35.5. The molecule has 0 aliphatic carbocycles. The van der Waals surface area contributed by atoms with Crippen molar-refractivity contribution in [2.45, 2.75) is 44.2 Å². The Kier molecular flexibility index (Phi) is 11.5. The Morgan fingerprint density at radius 3 is 2.81 bits per heavy atom. The van der Waals surface area contributed by atoms with E-state index in [0.29, 0.717) is 31.1 Å². The quantitative estimate of drug-likeness (QED) is 0.326. The number of likely N-dealkylation sites (N-methyl/N-ethyl adjacent to an activating group) is 1. The fourth-order valence-electron chi connectivity index (χ4n) is 5.10. The highest BCUT2D eigenvalue weighted by molar-refractivity contribution is 6.30. The maximum Gasteiger partial charge on any atom is 0.404 e. The second kappa shape index (κ2) is 14.6. The second-order valence-electron chi connectivity index (χ2n) is 9.51. The van der Waals surface area contributed by atoms with Gasteiger partial charge in [-0.25, -0.2) is 14.0 Å². The number of likely N-dealkylation sites (tertiary alicyclic amines) is 1. The van der Waals surface area contributed by atoms with Crippen LogP contribution in [0.3, 0.4) is 0 Å². The molecule has 0 saturated carbocycles. The van der Waals surface area contributed by atoms with Gasteiger partial charge in [-0.1, -0.05) is 23.7 Å². The molecular formula is C25H38ClFN4O5. The van der Waals surface area contributed by atoms with Crippen LogP contribution in [0.2, 0.25) is 5.02 Å². The van der Waals surface area contributed by atoms with Gasteiger partial charge in [-0.05, 0) is 51.1 Å². The van der Waals surface area contributed by atoms with E-state index in [1.54, 1.807) is 17.0 Å². The molecule has 2 aliphatic rings. The third-order valence-electron chi connectivity index (χ3n) is 6.87. The van der Waals surface area contributed by atoms with Crippen LogP contribution in [0.25, 0.3) is 0 Å². The monoisotopic (exact) mass is 528 g/mol. The summed E-state index contributed by atoms with van der Waals surface area (Å²) in [6.45, 7) is 3.36. The standard InChI is InChI=1S/C25H38ClFN4O5/c1-28-15-19(14-17-7-11-35-12-8-17)30-24(32)31-10-3-4-18(16-31)23(36-13-9-29-25(33)34)20-5-2-6-21(26)22(20)27/h2,5-6,17-19,23,28-29H,3-4,7-16H2,1H3,(H,30,32)(H,33,34)/t18-,19+,23-/m1/s1. The SMILES string of the molecule is CNC[C@H](CC1CCOCC1)NC(=O)N1CCC[C@@H]([C@@H](OCCNC(=O)O)c2cccc(Cl)c2F)C1. The summed E-state index contributed by atoms with van der Waals surface area (Å²) in [5, 5.41) is 17.5. The van der Waals surface area contributed by atoms with Crippen LogP contribution in [0.1, 0.15) is 43.8 Å². The van der Waals surface area contributed by atoms with Gasteiger partial charge in [-0.3, -0.25) is 0 Å². The van der Waals surface area contributed by atoms with Gasteiger partial charge in [0.15, 0.2) is 0 Å². The normalized spacial score (nSPS) is 20.5. The maximum absolute atomic E-state index is 14.9. The molecule has 0 bridgehead atoms. The van der Waals surface area contributed by atoms with E-state index in [9.17, 15) is 14.0 Å². The average molecular weight is 529 g/mol. The molecule has 9 nitrogen and oxygen atoms in total. The van der Waals surface area contributed by atoms with Crippen LogP contribution in [-0.4, -0.2) is 81.2 Å². The maximum atomic E-state index is 14.9. The Bertz CT molecular complexity index is 858. The molecule has 202 valence electrons. The Balaban J connectivity index is 1.66. The van der Waals surface area contributed by atoms with Crippen LogP contribution in [0.5, 0.6) is 0 Å². The topological polar surface area (TPSA) is 112 Å². The summed E-state index contributed by atoms with van der Waals surface area (Å²) in [7, 11) is 1.88. The summed E-state index contributed by atoms with van der Waals surface area (Å²) >= 11 is 6.04. The number of carbonyl (C=O) groups is 2. The fourth-order valence-corrected chi connectivity index (χ4v) is 5.28. The number of nitrogens with zero attached hydrogens (tertiary/aromatic N) is 1. The highest BCUT2D eigenvalue weighted by Crippen LogP contribution is 2.36. The van der Waals surface area contributed by atoms with E-state index >= 15 is 0 Å². The first-order chi connectivity index (χ1) is 17.4. The molecule has 2 saturated heterocycles. The van der Waals surface area contributed by atoms with Gasteiger partial charge in [0.2, 0.25) is 0 Å². The predicted octanol–water partition coefficient (Wildman–Crippen LogP) is 3.63. The van der Waals surface area contributed by atoms with Crippen molar-refractivity contribution in [1.82, 2.24) is 20.9 Å². The molecule has 3 atom stereocenters. The summed E-state index contributed by atoms with van der Waals surface area (Å²) in [6.07, 6.45) is 2.58. The number of halogens is 2. The van der Waals surface area contributed by atoms with E-state index in [4.69, 9.17) is 26.2 Å².